The zero-order valence-corrected chi connectivity index (χ0v) is 15.0. The molecule has 1 amide bonds. The number of likely N-dealkylation sites (tertiary alicyclic amines) is 1. The summed E-state index contributed by atoms with van der Waals surface area (Å²) in [5.41, 5.74) is -0.503. The van der Waals surface area contributed by atoms with Crippen LogP contribution in [0.5, 0.6) is 0 Å². The number of carbonyl (C=O) groups excluding carboxylic acids is 1. The second-order valence-electron chi connectivity index (χ2n) is 6.70. The van der Waals surface area contributed by atoms with Gasteiger partial charge in [0.2, 0.25) is 0 Å². The van der Waals surface area contributed by atoms with Crippen LogP contribution in [0, 0.1) is 0 Å². The summed E-state index contributed by atoms with van der Waals surface area (Å²) in [6, 6.07) is 7.62. The average Bonchev–Trinajstić information content (AvgIpc) is 3.40. The first-order valence-electron chi connectivity index (χ1n) is 8.77. The van der Waals surface area contributed by atoms with Crippen molar-refractivity contribution in [3.05, 3.63) is 59.9 Å². The lowest BCUT2D eigenvalue weighted by Gasteiger charge is -2.22. The number of hydrogen-bond donors (Lipinski definition) is 0. The van der Waals surface area contributed by atoms with Gasteiger partial charge in [0, 0.05) is 19.2 Å². The molecule has 0 saturated carbocycles. The van der Waals surface area contributed by atoms with Crippen LogP contribution in [0.1, 0.15) is 40.8 Å². The number of amides is 1. The Bertz CT molecular complexity index is 1010. The molecule has 0 spiro atoms. The molecule has 0 radical (unpaired) electrons. The lowest BCUT2D eigenvalue weighted by atomic mass is 10.1. The third-order valence-corrected chi connectivity index (χ3v) is 4.85. The van der Waals surface area contributed by atoms with Crippen LogP contribution in [0.4, 0.5) is 13.2 Å². The fourth-order valence-electron chi connectivity index (χ4n) is 3.47. The molecule has 6 nitrogen and oxygen atoms in total. The molecule has 4 rings (SSSR count). The molecule has 1 aromatic carbocycles. The molecule has 0 unspecified atom stereocenters. The van der Waals surface area contributed by atoms with E-state index in [0.717, 1.165) is 25.0 Å². The topological polar surface area (TPSA) is 64.2 Å². The van der Waals surface area contributed by atoms with E-state index in [1.54, 1.807) is 15.8 Å². The molecule has 1 fully saturated rings. The highest BCUT2D eigenvalue weighted by Crippen LogP contribution is 2.34. The molecule has 1 aliphatic rings. The predicted molar refractivity (Wildman–Crippen MR) is 93.2 cm³/mol. The van der Waals surface area contributed by atoms with Crippen molar-refractivity contribution in [2.45, 2.75) is 25.1 Å². The summed E-state index contributed by atoms with van der Waals surface area (Å²) < 4.78 is 46.2. The van der Waals surface area contributed by atoms with Gasteiger partial charge in [-0.2, -0.15) is 13.2 Å². The minimum absolute atomic E-state index is 0.0847. The van der Waals surface area contributed by atoms with Gasteiger partial charge in [0.05, 0.1) is 11.6 Å². The number of aromatic nitrogens is 3. The molecule has 0 N–H and O–H groups in total. The van der Waals surface area contributed by atoms with Gasteiger partial charge in [0.1, 0.15) is 12.1 Å². The fraction of sp³-hybridized carbons (Fsp3) is 0.316. The smallest absolute Gasteiger partial charge is 0.416 e. The Kier molecular flexibility index (Phi) is 4.44. The lowest BCUT2D eigenvalue weighted by Crippen LogP contribution is -2.31. The van der Waals surface area contributed by atoms with Gasteiger partial charge in [-0.05, 0) is 37.1 Å². The minimum Gasteiger partial charge on any atom is -0.451 e. The molecule has 9 heteroatoms. The number of rotatable bonds is 3. The molecular weight excluding hydrogens is 373 g/mol. The van der Waals surface area contributed by atoms with Crippen molar-refractivity contribution in [1.82, 2.24) is 19.7 Å². The first-order valence-corrected chi connectivity index (χ1v) is 8.77. The van der Waals surface area contributed by atoms with Gasteiger partial charge in [0.25, 0.3) is 5.91 Å². The zero-order chi connectivity index (χ0) is 19.9. The Morgan fingerprint density at radius 3 is 2.79 bits per heavy atom. The van der Waals surface area contributed by atoms with Crippen LogP contribution < -0.4 is 0 Å². The molecule has 3 heterocycles. The van der Waals surface area contributed by atoms with Gasteiger partial charge in [0.15, 0.2) is 11.6 Å². The molecule has 3 aromatic rings. The normalized spacial score (nSPS) is 17.3. The number of nitrogens with zero attached hydrogens (tertiary/aromatic N) is 4. The van der Waals surface area contributed by atoms with Gasteiger partial charge >= 0.3 is 6.18 Å². The number of furan rings is 1. The van der Waals surface area contributed by atoms with E-state index < -0.39 is 11.7 Å². The predicted octanol–water partition coefficient (Wildman–Crippen LogP) is 4.07. The van der Waals surface area contributed by atoms with E-state index in [2.05, 4.69) is 10.2 Å². The number of aryl methyl sites for hydroxylation is 1. The van der Waals surface area contributed by atoms with Crippen LogP contribution >= 0.6 is 0 Å². The molecule has 0 aliphatic carbocycles. The summed E-state index contributed by atoms with van der Waals surface area (Å²) >= 11 is 0. The van der Waals surface area contributed by atoms with Crippen LogP contribution in [0.25, 0.3) is 11.3 Å². The second-order valence-corrected chi connectivity index (χ2v) is 6.70. The number of halogens is 3. The van der Waals surface area contributed by atoms with Crippen molar-refractivity contribution >= 4 is 5.91 Å². The highest BCUT2D eigenvalue weighted by molar-refractivity contribution is 5.92. The van der Waals surface area contributed by atoms with Crippen LogP contribution in [0.3, 0.4) is 0 Å². The summed E-state index contributed by atoms with van der Waals surface area (Å²) in [4.78, 5) is 14.6. The maximum absolute atomic E-state index is 12.9. The Labute approximate surface area is 158 Å². The van der Waals surface area contributed by atoms with E-state index in [9.17, 15) is 18.0 Å². The van der Waals surface area contributed by atoms with Crippen molar-refractivity contribution in [3.63, 3.8) is 0 Å². The first kappa shape index (κ1) is 18.3. The van der Waals surface area contributed by atoms with Gasteiger partial charge in [-0.15, -0.1) is 10.2 Å². The van der Waals surface area contributed by atoms with Crippen molar-refractivity contribution < 1.29 is 22.4 Å². The number of hydrogen-bond acceptors (Lipinski definition) is 4. The van der Waals surface area contributed by atoms with Gasteiger partial charge in [-0.3, -0.25) is 4.79 Å². The molecule has 1 atom stereocenters. The fourth-order valence-corrected chi connectivity index (χ4v) is 3.47. The Hall–Kier alpha value is -3.10. The molecule has 1 aliphatic heterocycles. The highest BCUT2D eigenvalue weighted by atomic mass is 19.4. The second kappa shape index (κ2) is 6.81. The molecular formula is C19H17F3N4O2. The van der Waals surface area contributed by atoms with Gasteiger partial charge in [-0.25, -0.2) is 0 Å². The monoisotopic (exact) mass is 390 g/mol. The Balaban J connectivity index is 1.59. The third-order valence-electron chi connectivity index (χ3n) is 4.85. The average molecular weight is 390 g/mol. The van der Waals surface area contributed by atoms with Crippen LogP contribution in [0.15, 0.2) is 47.1 Å². The van der Waals surface area contributed by atoms with Crippen molar-refractivity contribution in [1.29, 1.82) is 0 Å². The summed E-state index contributed by atoms with van der Waals surface area (Å²) in [6.07, 6.45) is -1.28. The Morgan fingerprint density at radius 1 is 1.25 bits per heavy atom. The van der Waals surface area contributed by atoms with E-state index >= 15 is 0 Å². The number of benzene rings is 1. The van der Waals surface area contributed by atoms with E-state index in [1.165, 1.54) is 24.3 Å². The first-order chi connectivity index (χ1) is 13.3. The van der Waals surface area contributed by atoms with Crippen LogP contribution in [0.2, 0.25) is 0 Å². The van der Waals surface area contributed by atoms with Crippen LogP contribution in [-0.4, -0.2) is 32.1 Å². The standard InChI is InChI=1S/C19H17F3N4O2/c1-25-11-23-24-17(25)14-6-3-9-26(14)18(27)16-8-7-15(28-16)12-4-2-5-13(10-12)19(20,21)22/h2,4-5,7-8,10-11,14H,3,6,9H2,1H3/t14-/m0/s1. The highest BCUT2D eigenvalue weighted by Gasteiger charge is 2.35. The number of carbonyl (C=O) groups is 1. The summed E-state index contributed by atoms with van der Waals surface area (Å²) in [5, 5.41) is 7.96. The van der Waals surface area contributed by atoms with Crippen molar-refractivity contribution in [2.75, 3.05) is 6.54 Å². The summed E-state index contributed by atoms with van der Waals surface area (Å²) in [6.45, 7) is 0.552. The molecule has 28 heavy (non-hydrogen) atoms. The third kappa shape index (κ3) is 3.28. The van der Waals surface area contributed by atoms with Crippen molar-refractivity contribution in [3.8, 4) is 11.3 Å². The quantitative estimate of drug-likeness (QED) is 0.676. The summed E-state index contributed by atoms with van der Waals surface area (Å²) in [7, 11) is 1.81. The SMILES string of the molecule is Cn1cnnc1[C@@H]1CCCN1C(=O)c1ccc(-c2cccc(C(F)(F)F)c2)o1. The van der Waals surface area contributed by atoms with E-state index in [1.807, 2.05) is 7.05 Å². The summed E-state index contributed by atoms with van der Waals surface area (Å²) in [5.74, 6) is 0.671. The molecule has 2 aromatic heterocycles. The largest absolute Gasteiger partial charge is 0.451 e. The zero-order valence-electron chi connectivity index (χ0n) is 15.0. The molecule has 1 saturated heterocycles. The van der Waals surface area contributed by atoms with Gasteiger partial charge < -0.3 is 13.9 Å². The minimum atomic E-state index is -4.44. The molecule has 146 valence electrons. The maximum Gasteiger partial charge on any atom is 0.416 e. The van der Waals surface area contributed by atoms with Crippen LogP contribution in [-0.2, 0) is 13.2 Å². The molecule has 0 bridgehead atoms. The maximum atomic E-state index is 12.9. The number of alkyl halides is 3. The van der Waals surface area contributed by atoms with E-state index in [0.29, 0.717) is 12.4 Å². The lowest BCUT2D eigenvalue weighted by molar-refractivity contribution is -0.137. The van der Waals surface area contributed by atoms with Crippen molar-refractivity contribution in [2.24, 2.45) is 7.05 Å². The van der Waals surface area contributed by atoms with E-state index in [4.69, 9.17) is 4.42 Å². The van der Waals surface area contributed by atoms with E-state index in [-0.39, 0.29) is 29.0 Å². The Morgan fingerprint density at radius 2 is 2.07 bits per heavy atom. The van der Waals surface area contributed by atoms with Gasteiger partial charge in [-0.1, -0.05) is 12.1 Å².